The lowest BCUT2D eigenvalue weighted by molar-refractivity contribution is -0.118. The molecule has 3 rings (SSSR count). The van der Waals surface area contributed by atoms with Crippen LogP contribution in [0.4, 0.5) is 5.69 Å². The number of hydrogen-bond acceptors (Lipinski definition) is 1. The number of benzene rings is 2. The summed E-state index contributed by atoms with van der Waals surface area (Å²) in [6, 6.07) is 20.6. The van der Waals surface area contributed by atoms with Gasteiger partial charge in [0, 0.05) is 36.7 Å². The molecule has 1 aromatic heterocycles. The van der Waals surface area contributed by atoms with E-state index in [1.54, 1.807) is 0 Å². The first-order valence-corrected chi connectivity index (χ1v) is 9.19. The summed E-state index contributed by atoms with van der Waals surface area (Å²) in [5.41, 5.74) is 4.46. The van der Waals surface area contributed by atoms with Gasteiger partial charge in [0.2, 0.25) is 5.91 Å². The van der Waals surface area contributed by atoms with Crippen LogP contribution < -0.4 is 4.90 Å². The number of carbonyl (C=O) groups excluding carboxylic acids is 1. The van der Waals surface area contributed by atoms with Crippen molar-refractivity contribution in [2.24, 2.45) is 0 Å². The summed E-state index contributed by atoms with van der Waals surface area (Å²) in [7, 11) is 0. The molecular formula is C23H26N2O. The molecule has 0 spiro atoms. The molecule has 0 N–H and O–H groups in total. The molecule has 0 bridgehead atoms. The highest BCUT2D eigenvalue weighted by Gasteiger charge is 2.19. The molecule has 1 atom stereocenters. The summed E-state index contributed by atoms with van der Waals surface area (Å²) in [5, 5.41) is 0. The Morgan fingerprint density at radius 2 is 1.65 bits per heavy atom. The SMILES string of the molecule is CCN(C(=O)C[C@H](C)c1ccc(-n2cccc2)cc1)c1ccccc1C. The number of hydrogen-bond donors (Lipinski definition) is 0. The Hall–Kier alpha value is -2.81. The Kier molecular flexibility index (Phi) is 5.57. The van der Waals surface area contributed by atoms with Crippen LogP contribution in [-0.2, 0) is 4.79 Å². The number of anilines is 1. The highest BCUT2D eigenvalue weighted by atomic mass is 16.2. The van der Waals surface area contributed by atoms with Crippen LogP contribution in [0.2, 0.25) is 0 Å². The van der Waals surface area contributed by atoms with Gasteiger partial charge in [0.05, 0.1) is 0 Å². The number of rotatable bonds is 6. The fourth-order valence-electron chi connectivity index (χ4n) is 3.32. The van der Waals surface area contributed by atoms with E-state index in [9.17, 15) is 4.79 Å². The van der Waals surface area contributed by atoms with Crippen molar-refractivity contribution >= 4 is 11.6 Å². The normalized spacial score (nSPS) is 12.0. The third-order valence-corrected chi connectivity index (χ3v) is 4.87. The minimum absolute atomic E-state index is 0.170. The smallest absolute Gasteiger partial charge is 0.227 e. The average molecular weight is 346 g/mol. The molecule has 0 saturated carbocycles. The van der Waals surface area contributed by atoms with E-state index in [2.05, 4.69) is 48.7 Å². The second kappa shape index (κ2) is 8.05. The minimum Gasteiger partial charge on any atom is -0.324 e. The third kappa shape index (κ3) is 3.88. The highest BCUT2D eigenvalue weighted by molar-refractivity contribution is 5.94. The van der Waals surface area contributed by atoms with Gasteiger partial charge in [0.1, 0.15) is 0 Å². The van der Waals surface area contributed by atoms with Gasteiger partial charge in [0.25, 0.3) is 0 Å². The first-order chi connectivity index (χ1) is 12.6. The van der Waals surface area contributed by atoms with Gasteiger partial charge >= 0.3 is 0 Å². The number of amides is 1. The molecule has 0 saturated heterocycles. The van der Waals surface area contributed by atoms with Crippen molar-refractivity contribution in [3.63, 3.8) is 0 Å². The van der Waals surface area contributed by atoms with E-state index in [0.717, 1.165) is 16.9 Å². The summed E-state index contributed by atoms with van der Waals surface area (Å²) in [4.78, 5) is 14.8. The van der Waals surface area contributed by atoms with Crippen molar-refractivity contribution in [3.8, 4) is 5.69 Å². The standard InChI is InChI=1S/C23H26N2O/c1-4-25(22-10-6-5-9-18(22)2)23(26)17-19(3)20-11-13-21(14-12-20)24-15-7-8-16-24/h5-16,19H,4,17H2,1-3H3/t19-/m0/s1. The van der Waals surface area contributed by atoms with Gasteiger partial charge in [-0.1, -0.05) is 37.3 Å². The molecule has 3 heteroatoms. The van der Waals surface area contributed by atoms with E-state index >= 15 is 0 Å². The first kappa shape index (κ1) is 18.0. The summed E-state index contributed by atoms with van der Waals surface area (Å²) in [5.74, 6) is 0.350. The Morgan fingerprint density at radius 3 is 2.27 bits per heavy atom. The van der Waals surface area contributed by atoms with E-state index in [-0.39, 0.29) is 11.8 Å². The molecule has 0 radical (unpaired) electrons. The van der Waals surface area contributed by atoms with E-state index in [1.165, 1.54) is 5.56 Å². The van der Waals surface area contributed by atoms with E-state index in [1.807, 2.05) is 54.5 Å². The average Bonchev–Trinajstić information content (AvgIpc) is 3.19. The van der Waals surface area contributed by atoms with E-state index in [4.69, 9.17) is 0 Å². The van der Waals surface area contributed by atoms with Crippen LogP contribution in [0.25, 0.3) is 5.69 Å². The first-order valence-electron chi connectivity index (χ1n) is 9.19. The van der Waals surface area contributed by atoms with Gasteiger partial charge in [-0.15, -0.1) is 0 Å². The second-order valence-corrected chi connectivity index (χ2v) is 6.71. The van der Waals surface area contributed by atoms with Crippen LogP contribution in [0.5, 0.6) is 0 Å². The summed E-state index contributed by atoms with van der Waals surface area (Å²) < 4.78 is 2.08. The lowest BCUT2D eigenvalue weighted by atomic mass is 9.96. The molecule has 0 aliphatic heterocycles. The van der Waals surface area contributed by atoms with Crippen LogP contribution in [0.15, 0.2) is 73.1 Å². The fraction of sp³-hybridized carbons (Fsp3) is 0.261. The molecule has 0 fully saturated rings. The Balaban J connectivity index is 1.71. The largest absolute Gasteiger partial charge is 0.324 e. The number of aromatic nitrogens is 1. The van der Waals surface area contributed by atoms with Crippen molar-refractivity contribution in [1.82, 2.24) is 4.57 Å². The maximum absolute atomic E-state index is 12.9. The molecule has 0 aliphatic rings. The summed E-state index contributed by atoms with van der Waals surface area (Å²) in [6.45, 7) is 6.88. The quantitative estimate of drug-likeness (QED) is 0.592. The zero-order chi connectivity index (χ0) is 18.5. The van der Waals surface area contributed by atoms with Gasteiger partial charge in [-0.3, -0.25) is 4.79 Å². The minimum atomic E-state index is 0.170. The van der Waals surface area contributed by atoms with Crippen LogP contribution in [0.3, 0.4) is 0 Å². The van der Waals surface area contributed by atoms with Gasteiger partial charge in [-0.25, -0.2) is 0 Å². The highest BCUT2D eigenvalue weighted by Crippen LogP contribution is 2.25. The molecule has 2 aromatic carbocycles. The molecule has 1 heterocycles. The van der Waals surface area contributed by atoms with Gasteiger partial charge < -0.3 is 9.47 Å². The topological polar surface area (TPSA) is 25.2 Å². The maximum Gasteiger partial charge on any atom is 0.227 e. The Bertz CT molecular complexity index is 850. The van der Waals surface area contributed by atoms with Gasteiger partial charge in [0.15, 0.2) is 0 Å². The van der Waals surface area contributed by atoms with Crippen LogP contribution in [0.1, 0.15) is 37.3 Å². The lowest BCUT2D eigenvalue weighted by Crippen LogP contribution is -2.32. The maximum atomic E-state index is 12.9. The third-order valence-electron chi connectivity index (χ3n) is 4.87. The summed E-state index contributed by atoms with van der Waals surface area (Å²) in [6.07, 6.45) is 4.57. The molecule has 1 amide bonds. The Labute approximate surface area is 155 Å². The summed E-state index contributed by atoms with van der Waals surface area (Å²) >= 11 is 0. The fourth-order valence-corrected chi connectivity index (χ4v) is 3.32. The predicted octanol–water partition coefficient (Wildman–Crippen LogP) is 5.33. The van der Waals surface area contributed by atoms with Crippen molar-refractivity contribution in [2.75, 3.05) is 11.4 Å². The number of para-hydroxylation sites is 1. The van der Waals surface area contributed by atoms with Crippen molar-refractivity contribution in [3.05, 3.63) is 84.2 Å². The van der Waals surface area contributed by atoms with E-state index < -0.39 is 0 Å². The lowest BCUT2D eigenvalue weighted by Gasteiger charge is -2.24. The molecule has 134 valence electrons. The number of nitrogens with zero attached hydrogens (tertiary/aromatic N) is 2. The molecule has 26 heavy (non-hydrogen) atoms. The van der Waals surface area contributed by atoms with E-state index in [0.29, 0.717) is 13.0 Å². The molecule has 3 nitrogen and oxygen atoms in total. The van der Waals surface area contributed by atoms with Crippen molar-refractivity contribution in [2.45, 2.75) is 33.1 Å². The van der Waals surface area contributed by atoms with Gasteiger partial charge in [-0.05, 0) is 61.2 Å². The number of carbonyl (C=O) groups is 1. The number of aryl methyl sites for hydroxylation is 1. The second-order valence-electron chi connectivity index (χ2n) is 6.71. The molecule has 0 unspecified atom stereocenters. The predicted molar refractivity (Wildman–Crippen MR) is 108 cm³/mol. The van der Waals surface area contributed by atoms with Crippen molar-refractivity contribution < 1.29 is 4.79 Å². The van der Waals surface area contributed by atoms with Crippen LogP contribution in [0, 0.1) is 6.92 Å². The Morgan fingerprint density at radius 1 is 1.00 bits per heavy atom. The van der Waals surface area contributed by atoms with Crippen molar-refractivity contribution in [1.29, 1.82) is 0 Å². The van der Waals surface area contributed by atoms with Crippen LogP contribution in [-0.4, -0.2) is 17.0 Å². The van der Waals surface area contributed by atoms with Gasteiger partial charge in [-0.2, -0.15) is 0 Å². The molecule has 0 aliphatic carbocycles. The zero-order valence-electron chi connectivity index (χ0n) is 15.7. The zero-order valence-corrected chi connectivity index (χ0v) is 15.7. The molecule has 3 aromatic rings. The molecular weight excluding hydrogens is 320 g/mol. The van der Waals surface area contributed by atoms with Crippen LogP contribution >= 0.6 is 0 Å². The monoisotopic (exact) mass is 346 g/mol.